The molecule has 80 valence electrons. The molecule has 0 bridgehead atoms. The summed E-state index contributed by atoms with van der Waals surface area (Å²) in [6, 6.07) is 6.66. The fraction of sp³-hybridized carbons (Fsp3) is 0.200. The molecule has 0 amide bonds. The average molecular weight is 224 g/mol. The van der Waals surface area contributed by atoms with Gasteiger partial charge in [0.25, 0.3) is 0 Å². The lowest BCUT2D eigenvalue weighted by molar-refractivity contribution is 0.0698. The Labute approximate surface area is 92.8 Å². The van der Waals surface area contributed by atoms with E-state index in [1.54, 1.807) is 23.7 Å². The number of carboxylic acid groups (broad SMARTS) is 1. The van der Waals surface area contributed by atoms with Crippen LogP contribution in [0.4, 0.5) is 5.69 Å². The molecule has 0 radical (unpaired) electrons. The zero-order valence-corrected chi connectivity index (χ0v) is 9.36. The molecule has 1 aromatic rings. The van der Waals surface area contributed by atoms with E-state index in [4.69, 9.17) is 5.11 Å². The molecule has 1 N–H and O–H groups in total. The van der Waals surface area contributed by atoms with Gasteiger partial charge in [-0.05, 0) is 38.2 Å². The first-order chi connectivity index (χ1) is 7.11. The number of benzene rings is 1. The van der Waals surface area contributed by atoms with E-state index in [0.29, 0.717) is 5.69 Å². The number of hydrogen-bond donors (Lipinski definition) is 1. The van der Waals surface area contributed by atoms with Crippen LogP contribution in [0.15, 0.2) is 29.3 Å². The molecular formula is C10H12N2O2S. The van der Waals surface area contributed by atoms with E-state index >= 15 is 0 Å². The van der Waals surface area contributed by atoms with Crippen LogP contribution in [0.25, 0.3) is 0 Å². The van der Waals surface area contributed by atoms with Crippen molar-refractivity contribution in [2.45, 2.75) is 0 Å². The standard InChI is InChI=1S/C10H12N2O2S/c1-12(2)15-7-11-9-6-4-3-5-8(9)10(13)14/h3-7H,1-2H3,(H,13,14). The third-order valence-electron chi connectivity index (χ3n) is 1.58. The van der Waals surface area contributed by atoms with Crippen LogP contribution < -0.4 is 0 Å². The molecule has 0 aliphatic carbocycles. The van der Waals surface area contributed by atoms with Gasteiger partial charge in [0, 0.05) is 0 Å². The highest BCUT2D eigenvalue weighted by molar-refractivity contribution is 8.10. The Morgan fingerprint density at radius 3 is 2.73 bits per heavy atom. The molecule has 15 heavy (non-hydrogen) atoms. The third kappa shape index (κ3) is 3.73. The SMILES string of the molecule is CN(C)SC=Nc1ccccc1C(=O)O. The zero-order chi connectivity index (χ0) is 11.3. The number of carboxylic acids is 1. The van der Waals surface area contributed by atoms with Gasteiger partial charge >= 0.3 is 5.97 Å². The maximum absolute atomic E-state index is 10.8. The average Bonchev–Trinajstić information content (AvgIpc) is 2.17. The van der Waals surface area contributed by atoms with Crippen LogP contribution in [0.1, 0.15) is 10.4 Å². The van der Waals surface area contributed by atoms with E-state index in [1.807, 2.05) is 18.4 Å². The van der Waals surface area contributed by atoms with E-state index in [2.05, 4.69) is 4.99 Å². The first-order valence-corrected chi connectivity index (χ1v) is 5.14. The first-order valence-electron chi connectivity index (χ1n) is 4.30. The van der Waals surface area contributed by atoms with Crippen LogP contribution in [0.2, 0.25) is 0 Å². The smallest absolute Gasteiger partial charge is 0.337 e. The molecule has 0 atom stereocenters. The Balaban J connectivity index is 2.84. The summed E-state index contributed by atoms with van der Waals surface area (Å²) in [6.45, 7) is 0. The predicted octanol–water partition coefficient (Wildman–Crippen LogP) is 2.25. The largest absolute Gasteiger partial charge is 0.478 e. The second kappa shape index (κ2) is 5.53. The number of nitrogens with zero attached hydrogens (tertiary/aromatic N) is 2. The summed E-state index contributed by atoms with van der Waals surface area (Å²) in [6.07, 6.45) is 0. The quantitative estimate of drug-likeness (QED) is 0.484. The van der Waals surface area contributed by atoms with Gasteiger partial charge in [0.05, 0.1) is 16.8 Å². The minimum atomic E-state index is -0.961. The van der Waals surface area contributed by atoms with Gasteiger partial charge in [0.1, 0.15) is 0 Å². The first kappa shape index (κ1) is 11.7. The number of carbonyl (C=O) groups is 1. The maximum Gasteiger partial charge on any atom is 0.337 e. The Morgan fingerprint density at radius 2 is 2.13 bits per heavy atom. The van der Waals surface area contributed by atoms with Crippen molar-refractivity contribution >= 4 is 29.2 Å². The van der Waals surface area contributed by atoms with Crippen LogP contribution in [0.5, 0.6) is 0 Å². The lowest BCUT2D eigenvalue weighted by atomic mass is 10.2. The number of hydrogen-bond acceptors (Lipinski definition) is 4. The van der Waals surface area contributed by atoms with E-state index in [1.165, 1.54) is 18.0 Å². The predicted molar refractivity (Wildman–Crippen MR) is 62.8 cm³/mol. The fourth-order valence-corrected chi connectivity index (χ4v) is 1.29. The van der Waals surface area contributed by atoms with Crippen molar-refractivity contribution in [1.82, 2.24) is 4.31 Å². The summed E-state index contributed by atoms with van der Waals surface area (Å²) in [5.74, 6) is -0.961. The summed E-state index contributed by atoms with van der Waals surface area (Å²) in [5.41, 5.74) is 2.30. The van der Waals surface area contributed by atoms with Gasteiger partial charge in [0.2, 0.25) is 0 Å². The van der Waals surface area contributed by atoms with Crippen LogP contribution >= 0.6 is 11.9 Å². The van der Waals surface area contributed by atoms with Crippen molar-refractivity contribution in [3.8, 4) is 0 Å². The molecule has 1 aromatic carbocycles. The van der Waals surface area contributed by atoms with E-state index < -0.39 is 5.97 Å². The van der Waals surface area contributed by atoms with Gasteiger partial charge in [-0.25, -0.2) is 9.79 Å². The lowest BCUT2D eigenvalue weighted by Gasteiger charge is -2.02. The number of aliphatic imine (C=N–C) groups is 1. The van der Waals surface area contributed by atoms with Crippen molar-refractivity contribution in [1.29, 1.82) is 0 Å². The lowest BCUT2D eigenvalue weighted by Crippen LogP contribution is -1.99. The van der Waals surface area contributed by atoms with Crippen molar-refractivity contribution in [3.05, 3.63) is 29.8 Å². The summed E-state index contributed by atoms with van der Waals surface area (Å²) in [7, 11) is 3.78. The van der Waals surface area contributed by atoms with E-state index in [-0.39, 0.29) is 5.56 Å². The molecule has 4 nitrogen and oxygen atoms in total. The maximum atomic E-state index is 10.8. The molecule has 0 spiro atoms. The molecule has 0 saturated carbocycles. The number of aromatic carboxylic acids is 1. The zero-order valence-electron chi connectivity index (χ0n) is 8.54. The van der Waals surface area contributed by atoms with E-state index in [9.17, 15) is 4.79 Å². The van der Waals surface area contributed by atoms with Crippen LogP contribution in [-0.2, 0) is 0 Å². The van der Waals surface area contributed by atoms with Gasteiger partial charge in [0.15, 0.2) is 0 Å². The molecule has 5 heteroatoms. The topological polar surface area (TPSA) is 52.9 Å². The van der Waals surface area contributed by atoms with Crippen molar-refractivity contribution in [2.24, 2.45) is 4.99 Å². The second-order valence-corrected chi connectivity index (χ2v) is 4.13. The van der Waals surface area contributed by atoms with Crippen LogP contribution in [-0.4, -0.2) is 35.0 Å². The van der Waals surface area contributed by atoms with Gasteiger partial charge < -0.3 is 5.11 Å². The molecule has 0 saturated heterocycles. The second-order valence-electron chi connectivity index (χ2n) is 2.97. The van der Waals surface area contributed by atoms with Gasteiger partial charge in [-0.15, -0.1) is 0 Å². The Kier molecular flexibility index (Phi) is 4.33. The molecular weight excluding hydrogens is 212 g/mol. The molecule has 0 aliphatic rings. The van der Waals surface area contributed by atoms with Gasteiger partial charge in [-0.1, -0.05) is 12.1 Å². The monoisotopic (exact) mass is 224 g/mol. The Morgan fingerprint density at radius 1 is 1.47 bits per heavy atom. The molecule has 0 aliphatic heterocycles. The van der Waals surface area contributed by atoms with Crippen LogP contribution in [0, 0.1) is 0 Å². The highest BCUT2D eigenvalue weighted by Gasteiger charge is 2.06. The van der Waals surface area contributed by atoms with Gasteiger partial charge in [-0.3, -0.25) is 4.31 Å². The summed E-state index contributed by atoms with van der Waals surface area (Å²) < 4.78 is 1.87. The molecule has 1 rings (SSSR count). The van der Waals surface area contributed by atoms with Gasteiger partial charge in [-0.2, -0.15) is 0 Å². The fourth-order valence-electron chi connectivity index (χ4n) is 0.942. The van der Waals surface area contributed by atoms with Crippen molar-refractivity contribution in [3.63, 3.8) is 0 Å². The summed E-state index contributed by atoms with van der Waals surface area (Å²) in [4.78, 5) is 14.9. The number of rotatable bonds is 4. The Bertz CT molecular complexity index is 377. The molecule has 0 aromatic heterocycles. The third-order valence-corrected chi connectivity index (χ3v) is 2.21. The minimum Gasteiger partial charge on any atom is -0.478 e. The van der Waals surface area contributed by atoms with E-state index in [0.717, 1.165) is 0 Å². The van der Waals surface area contributed by atoms with Crippen LogP contribution in [0.3, 0.4) is 0 Å². The Hall–Kier alpha value is -1.33. The highest BCUT2D eigenvalue weighted by atomic mass is 32.2. The summed E-state index contributed by atoms with van der Waals surface area (Å²) >= 11 is 1.40. The highest BCUT2D eigenvalue weighted by Crippen LogP contribution is 2.18. The van der Waals surface area contributed by atoms with Crippen molar-refractivity contribution < 1.29 is 9.90 Å². The minimum absolute atomic E-state index is 0.216. The molecule has 0 heterocycles. The van der Waals surface area contributed by atoms with Crippen molar-refractivity contribution in [2.75, 3.05) is 14.1 Å². The summed E-state index contributed by atoms with van der Waals surface area (Å²) in [5, 5.41) is 8.88. The number of para-hydroxylation sites is 1. The normalized spacial score (nSPS) is 11.1. The molecule has 0 unspecified atom stereocenters. The molecule has 0 fully saturated rings.